The van der Waals surface area contributed by atoms with Crippen LogP contribution in [0.2, 0.25) is 0 Å². The molecule has 0 aliphatic rings. The lowest BCUT2D eigenvalue weighted by molar-refractivity contribution is -0.122. The van der Waals surface area contributed by atoms with Gasteiger partial charge in [0.1, 0.15) is 11.8 Å². The van der Waals surface area contributed by atoms with E-state index in [0.29, 0.717) is 6.54 Å². The van der Waals surface area contributed by atoms with E-state index in [4.69, 9.17) is 9.15 Å². The second-order valence-electron chi connectivity index (χ2n) is 6.17. The Morgan fingerprint density at radius 3 is 2.62 bits per heavy atom. The van der Waals surface area contributed by atoms with Crippen LogP contribution in [0.1, 0.15) is 29.1 Å². The molecule has 140 valence electrons. The second kappa shape index (κ2) is 9.05. The summed E-state index contributed by atoms with van der Waals surface area (Å²) < 4.78 is 10.3. The molecular weight excluding hydrogens is 334 g/mol. The van der Waals surface area contributed by atoms with Crippen LogP contribution in [0, 0.1) is 0 Å². The van der Waals surface area contributed by atoms with E-state index >= 15 is 0 Å². The minimum atomic E-state index is -0.680. The summed E-state index contributed by atoms with van der Waals surface area (Å²) in [4.78, 5) is 26.3. The Morgan fingerprint density at radius 2 is 2.00 bits per heavy atom. The average molecular weight is 359 g/mol. The van der Waals surface area contributed by atoms with Crippen LogP contribution in [-0.4, -0.2) is 50.5 Å². The molecule has 2 N–H and O–H groups in total. The van der Waals surface area contributed by atoms with Gasteiger partial charge in [0.15, 0.2) is 5.76 Å². The summed E-state index contributed by atoms with van der Waals surface area (Å²) in [5.41, 5.74) is 1.03. The highest BCUT2D eigenvalue weighted by molar-refractivity contribution is 5.95. The Labute approximate surface area is 153 Å². The number of nitrogens with one attached hydrogen (secondary N) is 2. The molecule has 0 bridgehead atoms. The van der Waals surface area contributed by atoms with Gasteiger partial charge in [0.2, 0.25) is 5.91 Å². The van der Waals surface area contributed by atoms with Gasteiger partial charge in [-0.1, -0.05) is 12.1 Å². The Bertz CT molecular complexity index is 728. The van der Waals surface area contributed by atoms with Crippen LogP contribution in [0.15, 0.2) is 47.1 Å². The average Bonchev–Trinajstić information content (AvgIpc) is 3.16. The topological polar surface area (TPSA) is 83.8 Å². The van der Waals surface area contributed by atoms with Crippen molar-refractivity contribution in [2.45, 2.75) is 19.0 Å². The van der Waals surface area contributed by atoms with E-state index in [1.165, 1.54) is 6.26 Å². The predicted molar refractivity (Wildman–Crippen MR) is 98.1 cm³/mol. The molecule has 0 aliphatic heterocycles. The fourth-order valence-corrected chi connectivity index (χ4v) is 2.54. The maximum absolute atomic E-state index is 12.3. The van der Waals surface area contributed by atoms with Crippen molar-refractivity contribution in [3.63, 3.8) is 0 Å². The number of rotatable bonds is 8. The fraction of sp³-hybridized carbons (Fsp3) is 0.368. The molecule has 1 heterocycles. The van der Waals surface area contributed by atoms with Gasteiger partial charge in [0.05, 0.1) is 19.4 Å². The molecule has 2 atom stereocenters. The Kier molecular flexibility index (Phi) is 6.80. The minimum Gasteiger partial charge on any atom is -0.497 e. The van der Waals surface area contributed by atoms with Gasteiger partial charge < -0.3 is 24.7 Å². The quantitative estimate of drug-likeness (QED) is 0.751. The smallest absolute Gasteiger partial charge is 0.287 e. The van der Waals surface area contributed by atoms with Crippen LogP contribution in [0.5, 0.6) is 5.75 Å². The Morgan fingerprint density at radius 1 is 1.23 bits per heavy atom. The number of likely N-dealkylation sites (N-methyl/N-ethyl adjacent to an activating group) is 1. The molecule has 2 rings (SSSR count). The molecule has 0 spiro atoms. The number of nitrogens with zero attached hydrogens (tertiary/aromatic N) is 1. The molecule has 1 aromatic heterocycles. The molecule has 26 heavy (non-hydrogen) atoms. The lowest BCUT2D eigenvalue weighted by atomic mass is 10.1. The molecule has 7 nitrogen and oxygen atoms in total. The molecule has 0 saturated heterocycles. The summed E-state index contributed by atoms with van der Waals surface area (Å²) in [5, 5.41) is 5.50. The Hall–Kier alpha value is -2.80. The summed E-state index contributed by atoms with van der Waals surface area (Å²) in [5.74, 6) is 0.251. The molecule has 0 radical (unpaired) electrons. The lowest BCUT2D eigenvalue weighted by Gasteiger charge is -2.26. The van der Waals surface area contributed by atoms with E-state index in [2.05, 4.69) is 10.6 Å². The van der Waals surface area contributed by atoms with Crippen molar-refractivity contribution < 1.29 is 18.7 Å². The van der Waals surface area contributed by atoms with Gasteiger partial charge in [-0.2, -0.15) is 0 Å². The van der Waals surface area contributed by atoms with Gasteiger partial charge >= 0.3 is 0 Å². The lowest BCUT2D eigenvalue weighted by Crippen LogP contribution is -2.46. The summed E-state index contributed by atoms with van der Waals surface area (Å²) in [6.07, 6.45) is 1.41. The summed E-state index contributed by atoms with van der Waals surface area (Å²) in [6.45, 7) is 2.03. The first-order chi connectivity index (χ1) is 12.4. The van der Waals surface area contributed by atoms with Crippen molar-refractivity contribution in [3.8, 4) is 5.75 Å². The van der Waals surface area contributed by atoms with Crippen LogP contribution >= 0.6 is 0 Å². The molecule has 2 aromatic rings. The number of benzene rings is 1. The normalized spacial score (nSPS) is 13.1. The first-order valence-corrected chi connectivity index (χ1v) is 8.34. The van der Waals surface area contributed by atoms with Crippen molar-refractivity contribution >= 4 is 11.8 Å². The van der Waals surface area contributed by atoms with Crippen LogP contribution in [0.4, 0.5) is 0 Å². The van der Waals surface area contributed by atoms with Crippen LogP contribution in [0.25, 0.3) is 0 Å². The molecular formula is C19H25N3O4. The van der Waals surface area contributed by atoms with Crippen LogP contribution in [-0.2, 0) is 4.79 Å². The number of ether oxygens (including phenoxy) is 1. The van der Waals surface area contributed by atoms with E-state index in [-0.39, 0.29) is 17.7 Å². The van der Waals surface area contributed by atoms with Gasteiger partial charge in [-0.25, -0.2) is 0 Å². The SMILES string of the molecule is COc1cccc(C(CNC(=O)C(C)NC(=O)c2ccco2)N(C)C)c1. The third kappa shape index (κ3) is 5.10. The van der Waals surface area contributed by atoms with Crippen molar-refractivity contribution in [2.75, 3.05) is 27.7 Å². The maximum atomic E-state index is 12.3. The summed E-state index contributed by atoms with van der Waals surface area (Å²) >= 11 is 0. The fourth-order valence-electron chi connectivity index (χ4n) is 2.54. The van der Waals surface area contributed by atoms with Crippen LogP contribution < -0.4 is 15.4 Å². The largest absolute Gasteiger partial charge is 0.497 e. The van der Waals surface area contributed by atoms with Crippen molar-refractivity contribution in [3.05, 3.63) is 54.0 Å². The molecule has 0 fully saturated rings. The van der Waals surface area contributed by atoms with Gasteiger partial charge in [0.25, 0.3) is 5.91 Å². The number of furan rings is 1. The maximum Gasteiger partial charge on any atom is 0.287 e. The van der Waals surface area contributed by atoms with Crippen molar-refractivity contribution in [1.29, 1.82) is 0 Å². The van der Waals surface area contributed by atoms with Gasteiger partial charge in [-0.15, -0.1) is 0 Å². The zero-order valence-corrected chi connectivity index (χ0v) is 15.5. The second-order valence-corrected chi connectivity index (χ2v) is 6.17. The molecule has 0 aliphatic carbocycles. The molecule has 0 saturated carbocycles. The number of amides is 2. The van der Waals surface area contributed by atoms with E-state index < -0.39 is 11.9 Å². The predicted octanol–water partition coefficient (Wildman–Crippen LogP) is 1.83. The molecule has 2 amide bonds. The van der Waals surface area contributed by atoms with E-state index in [0.717, 1.165) is 11.3 Å². The van der Waals surface area contributed by atoms with Crippen molar-refractivity contribution in [1.82, 2.24) is 15.5 Å². The number of carbonyl (C=O) groups excluding carboxylic acids is 2. The number of methoxy groups -OCH3 is 1. The Balaban J connectivity index is 1.95. The first-order valence-electron chi connectivity index (χ1n) is 8.34. The van der Waals surface area contributed by atoms with Gasteiger partial charge in [0, 0.05) is 6.54 Å². The summed E-state index contributed by atoms with van der Waals surface area (Å²) in [6, 6.07) is 10.2. The molecule has 2 unspecified atom stereocenters. The molecule has 1 aromatic carbocycles. The third-order valence-electron chi connectivity index (χ3n) is 4.06. The number of carbonyl (C=O) groups is 2. The zero-order chi connectivity index (χ0) is 19.1. The minimum absolute atomic E-state index is 0.0259. The molecule has 7 heteroatoms. The first kappa shape index (κ1) is 19.5. The van der Waals surface area contributed by atoms with Gasteiger partial charge in [-0.3, -0.25) is 9.59 Å². The monoisotopic (exact) mass is 359 g/mol. The van der Waals surface area contributed by atoms with E-state index in [9.17, 15) is 9.59 Å². The van der Waals surface area contributed by atoms with Gasteiger partial charge in [-0.05, 0) is 50.8 Å². The van der Waals surface area contributed by atoms with Crippen LogP contribution in [0.3, 0.4) is 0 Å². The standard InChI is InChI=1S/C19H25N3O4/c1-13(21-19(24)17-9-6-10-26-17)18(23)20-12-16(22(2)3)14-7-5-8-15(11-14)25-4/h5-11,13,16H,12H2,1-4H3,(H,20,23)(H,21,24). The third-order valence-corrected chi connectivity index (χ3v) is 4.06. The highest BCUT2D eigenvalue weighted by atomic mass is 16.5. The number of hydrogen-bond donors (Lipinski definition) is 2. The van der Waals surface area contributed by atoms with E-state index in [1.807, 2.05) is 43.3 Å². The zero-order valence-electron chi connectivity index (χ0n) is 15.5. The van der Waals surface area contributed by atoms with E-state index in [1.54, 1.807) is 26.2 Å². The highest BCUT2D eigenvalue weighted by Crippen LogP contribution is 2.22. The highest BCUT2D eigenvalue weighted by Gasteiger charge is 2.21. The number of hydrogen-bond acceptors (Lipinski definition) is 5. The summed E-state index contributed by atoms with van der Waals surface area (Å²) in [7, 11) is 5.51. The van der Waals surface area contributed by atoms with Crippen molar-refractivity contribution in [2.24, 2.45) is 0 Å².